The Labute approximate surface area is 199 Å². The summed E-state index contributed by atoms with van der Waals surface area (Å²) in [7, 11) is -2.59. The van der Waals surface area contributed by atoms with E-state index in [4.69, 9.17) is 4.74 Å². The summed E-state index contributed by atoms with van der Waals surface area (Å²) < 4.78 is 33.9. The van der Waals surface area contributed by atoms with E-state index in [1.807, 2.05) is 44.5 Å². The lowest BCUT2D eigenvalue weighted by atomic mass is 10.1. The molecule has 0 saturated heterocycles. The second-order valence-corrected chi connectivity index (χ2v) is 11.4. The number of rotatable bonds is 7. The van der Waals surface area contributed by atoms with E-state index in [1.54, 1.807) is 29.4 Å². The molecule has 0 fully saturated rings. The van der Waals surface area contributed by atoms with E-state index in [0.29, 0.717) is 16.8 Å². The number of carbonyl (C=O) groups is 1. The van der Waals surface area contributed by atoms with Crippen LogP contribution in [0.25, 0.3) is 11.3 Å². The van der Waals surface area contributed by atoms with Crippen LogP contribution in [0.1, 0.15) is 42.7 Å². The number of aryl methyl sites for hydroxylation is 1. The highest BCUT2D eigenvalue weighted by molar-refractivity contribution is 7.90. The van der Waals surface area contributed by atoms with Crippen molar-refractivity contribution in [2.45, 2.75) is 45.0 Å². The maximum Gasteiger partial charge on any atom is 0.410 e. The van der Waals surface area contributed by atoms with Gasteiger partial charge in [0.15, 0.2) is 0 Å². The second-order valence-electron chi connectivity index (χ2n) is 8.71. The molecule has 0 aliphatic rings. The predicted octanol–water partition coefficient (Wildman–Crippen LogP) is 5.39. The van der Waals surface area contributed by atoms with Gasteiger partial charge in [-0.25, -0.2) is 17.2 Å². The van der Waals surface area contributed by atoms with Gasteiger partial charge in [-0.15, -0.1) is 6.58 Å². The lowest BCUT2D eigenvalue weighted by Gasteiger charge is -2.34. The van der Waals surface area contributed by atoms with Gasteiger partial charge >= 0.3 is 6.09 Å². The van der Waals surface area contributed by atoms with Crippen LogP contribution in [0.2, 0.25) is 0 Å². The molecule has 7 nitrogen and oxygen atoms in total. The maximum atomic E-state index is 13.8. The van der Waals surface area contributed by atoms with Gasteiger partial charge in [0.25, 0.3) is 0 Å². The van der Waals surface area contributed by atoms with Gasteiger partial charge in [-0.05, 0) is 61.9 Å². The zero-order valence-electron chi connectivity index (χ0n) is 19.5. The molecule has 1 atom stereocenters. The maximum absolute atomic E-state index is 13.8. The first-order valence-electron chi connectivity index (χ1n) is 10.4. The molecule has 33 heavy (non-hydrogen) atoms. The highest BCUT2D eigenvalue weighted by Gasteiger charge is 2.32. The number of amides is 1. The van der Waals surface area contributed by atoms with Crippen LogP contribution in [0.15, 0.2) is 60.2 Å². The van der Waals surface area contributed by atoms with E-state index >= 15 is 0 Å². The van der Waals surface area contributed by atoms with Crippen LogP contribution in [-0.4, -0.2) is 41.0 Å². The van der Waals surface area contributed by atoms with Crippen LogP contribution in [0, 0.1) is 6.92 Å². The van der Waals surface area contributed by atoms with Gasteiger partial charge in [0.05, 0.1) is 19.3 Å². The molecule has 0 bridgehead atoms. The third-order valence-electron chi connectivity index (χ3n) is 5.34. The van der Waals surface area contributed by atoms with Crippen molar-refractivity contribution >= 4 is 27.5 Å². The van der Waals surface area contributed by atoms with Crippen LogP contribution in [0.5, 0.6) is 0 Å². The molecule has 176 valence electrons. The SMILES string of the molecule is C=CC(c1cccnc1)S(=O)(=O)n1cc(CN(C(=O)OC)C(C)(C)C)cc1-c1cscc1C. The number of carbonyl (C=O) groups excluding carboxylic acids is 1. The Morgan fingerprint density at radius 3 is 2.61 bits per heavy atom. The largest absolute Gasteiger partial charge is 0.453 e. The van der Waals surface area contributed by atoms with Crippen molar-refractivity contribution in [1.29, 1.82) is 0 Å². The molecule has 3 aromatic heterocycles. The van der Waals surface area contributed by atoms with Gasteiger partial charge in [0, 0.05) is 35.1 Å². The second kappa shape index (κ2) is 9.52. The standard InChI is InChI=1S/C24H29N3O4S2/c1-7-22(19-9-8-10-25-12-19)33(29,30)27-14-18(11-21(27)20-16-32-15-17(20)2)13-26(23(28)31-6)24(3,4)5/h7-12,14-16,22H,1,13H2,2-6H3. The van der Waals surface area contributed by atoms with E-state index < -0.39 is 26.9 Å². The van der Waals surface area contributed by atoms with Crippen molar-refractivity contribution < 1.29 is 17.9 Å². The molecule has 3 heterocycles. The zero-order chi connectivity index (χ0) is 24.4. The van der Waals surface area contributed by atoms with Gasteiger partial charge in [0.1, 0.15) is 5.25 Å². The first-order valence-corrected chi connectivity index (χ1v) is 12.8. The number of aromatic nitrogens is 2. The summed E-state index contributed by atoms with van der Waals surface area (Å²) in [4.78, 5) is 18.1. The molecule has 3 rings (SSSR count). The average Bonchev–Trinajstić information content (AvgIpc) is 3.38. The van der Waals surface area contributed by atoms with Crippen molar-refractivity contribution in [3.8, 4) is 11.3 Å². The molecule has 1 amide bonds. The Bertz CT molecular complexity index is 1240. The fourth-order valence-electron chi connectivity index (χ4n) is 3.58. The van der Waals surface area contributed by atoms with Crippen LogP contribution in [0.3, 0.4) is 0 Å². The minimum absolute atomic E-state index is 0.195. The van der Waals surface area contributed by atoms with Crippen molar-refractivity contribution in [3.63, 3.8) is 0 Å². The monoisotopic (exact) mass is 487 g/mol. The number of hydrogen-bond donors (Lipinski definition) is 0. The smallest absolute Gasteiger partial charge is 0.410 e. The van der Waals surface area contributed by atoms with Crippen molar-refractivity contribution in [2.75, 3.05) is 7.11 Å². The first kappa shape index (κ1) is 24.7. The molecule has 0 aliphatic heterocycles. The molecule has 1 unspecified atom stereocenters. The van der Waals surface area contributed by atoms with Gasteiger partial charge in [-0.3, -0.25) is 9.88 Å². The van der Waals surface area contributed by atoms with Crippen LogP contribution >= 0.6 is 11.3 Å². The summed E-state index contributed by atoms with van der Waals surface area (Å²) in [6, 6.07) is 5.23. The Morgan fingerprint density at radius 1 is 1.36 bits per heavy atom. The Hall–Kier alpha value is -2.91. The minimum Gasteiger partial charge on any atom is -0.453 e. The van der Waals surface area contributed by atoms with Crippen LogP contribution in [-0.2, 0) is 21.3 Å². The zero-order valence-corrected chi connectivity index (χ0v) is 21.1. The summed E-state index contributed by atoms with van der Waals surface area (Å²) in [6.07, 6.45) is 5.63. The van der Waals surface area contributed by atoms with Crippen LogP contribution in [0.4, 0.5) is 4.79 Å². The molecule has 0 radical (unpaired) electrons. The minimum atomic E-state index is -3.93. The van der Waals surface area contributed by atoms with Gasteiger partial charge in [-0.2, -0.15) is 11.3 Å². The van der Waals surface area contributed by atoms with Crippen molar-refractivity contribution in [3.05, 3.63) is 76.9 Å². The molecular formula is C24H29N3O4S2. The molecular weight excluding hydrogens is 458 g/mol. The third kappa shape index (κ3) is 5.04. The molecule has 0 aromatic carbocycles. The fraction of sp³-hybridized carbons (Fsp3) is 0.333. The highest BCUT2D eigenvalue weighted by Crippen LogP contribution is 2.35. The van der Waals surface area contributed by atoms with E-state index in [-0.39, 0.29) is 6.54 Å². The van der Waals surface area contributed by atoms with Gasteiger partial charge in [0.2, 0.25) is 10.0 Å². The van der Waals surface area contributed by atoms with Crippen molar-refractivity contribution in [2.24, 2.45) is 0 Å². The summed E-state index contributed by atoms with van der Waals surface area (Å²) in [5.41, 5.74) is 3.02. The number of nitrogens with zero attached hydrogens (tertiary/aromatic N) is 3. The molecule has 0 saturated carbocycles. The van der Waals surface area contributed by atoms with Gasteiger partial charge < -0.3 is 4.74 Å². The number of pyridine rings is 1. The van der Waals surface area contributed by atoms with E-state index in [9.17, 15) is 13.2 Å². The van der Waals surface area contributed by atoms with E-state index in [2.05, 4.69) is 11.6 Å². The molecule has 0 N–H and O–H groups in total. The summed E-state index contributed by atoms with van der Waals surface area (Å²) in [5, 5.41) is 2.92. The number of hydrogen-bond acceptors (Lipinski definition) is 6. The first-order chi connectivity index (χ1) is 15.5. The molecule has 0 spiro atoms. The Balaban J connectivity index is 2.16. The lowest BCUT2D eigenvalue weighted by Crippen LogP contribution is -2.44. The Morgan fingerprint density at radius 2 is 2.09 bits per heavy atom. The summed E-state index contributed by atoms with van der Waals surface area (Å²) >= 11 is 1.50. The number of thiophene rings is 1. The highest BCUT2D eigenvalue weighted by atomic mass is 32.2. The average molecular weight is 488 g/mol. The van der Waals surface area contributed by atoms with E-state index in [1.165, 1.54) is 34.7 Å². The van der Waals surface area contributed by atoms with E-state index in [0.717, 1.165) is 11.1 Å². The third-order valence-corrected chi connectivity index (χ3v) is 8.16. The molecule has 9 heteroatoms. The lowest BCUT2D eigenvalue weighted by molar-refractivity contribution is 0.0793. The normalized spacial score (nSPS) is 12.9. The quantitative estimate of drug-likeness (QED) is 0.417. The summed E-state index contributed by atoms with van der Waals surface area (Å²) in [6.45, 7) is 11.6. The number of ether oxygens (including phenoxy) is 1. The Kier molecular flexibility index (Phi) is 7.14. The molecule has 0 aliphatic carbocycles. The predicted molar refractivity (Wildman–Crippen MR) is 132 cm³/mol. The van der Waals surface area contributed by atoms with Gasteiger partial charge in [-0.1, -0.05) is 12.1 Å². The number of methoxy groups -OCH3 is 1. The van der Waals surface area contributed by atoms with Crippen LogP contribution < -0.4 is 0 Å². The topological polar surface area (TPSA) is 81.5 Å². The fourth-order valence-corrected chi connectivity index (χ4v) is 6.10. The van der Waals surface area contributed by atoms with Crippen molar-refractivity contribution in [1.82, 2.24) is 13.9 Å². The summed E-state index contributed by atoms with van der Waals surface area (Å²) in [5.74, 6) is 0. The molecule has 3 aromatic rings.